The van der Waals surface area contributed by atoms with Crippen LogP contribution in [-0.2, 0) is 0 Å². The number of ether oxygens (including phenoxy) is 1. The Morgan fingerprint density at radius 1 is 0.971 bits per heavy atom. The first-order chi connectivity index (χ1) is 16.1. The van der Waals surface area contributed by atoms with E-state index < -0.39 is 7.12 Å². The van der Waals surface area contributed by atoms with Gasteiger partial charge in [0.25, 0.3) is 0 Å². The van der Waals surface area contributed by atoms with Gasteiger partial charge in [0.1, 0.15) is 20.8 Å². The highest BCUT2D eigenvalue weighted by molar-refractivity contribution is 9.11. The molecule has 4 aromatic rings. The topological polar surface area (TPSA) is 118 Å². The minimum Gasteiger partial charge on any atom is -0.497 e. The van der Waals surface area contributed by atoms with E-state index in [1.54, 1.807) is 24.3 Å². The van der Waals surface area contributed by atoms with E-state index >= 15 is 0 Å². The summed E-state index contributed by atoms with van der Waals surface area (Å²) in [6, 6.07) is 9.74. The number of aldehydes is 1. The molecule has 34 heavy (non-hydrogen) atoms. The second-order valence-electron chi connectivity index (χ2n) is 6.31. The van der Waals surface area contributed by atoms with Crippen LogP contribution in [0.2, 0.25) is 10.0 Å². The SMILES string of the molecule is COc1cc(Cl)ccc1B(O)O.Cc1nnc(-c2ccc(Cl)cc2C=O)s1.Cc1nnc(Br)s1. The summed E-state index contributed by atoms with van der Waals surface area (Å²) in [7, 11) is -0.0883. The Bertz CT molecular complexity index is 1230. The summed E-state index contributed by atoms with van der Waals surface area (Å²) < 4.78 is 5.73. The van der Waals surface area contributed by atoms with E-state index in [9.17, 15) is 4.79 Å². The van der Waals surface area contributed by atoms with E-state index in [0.717, 1.165) is 30.8 Å². The number of methoxy groups -OCH3 is 1. The molecule has 2 N–H and O–H groups in total. The lowest BCUT2D eigenvalue weighted by molar-refractivity contribution is 0.112. The largest absolute Gasteiger partial charge is 0.497 e. The van der Waals surface area contributed by atoms with E-state index in [-0.39, 0.29) is 0 Å². The Balaban J connectivity index is 0.000000192. The van der Waals surface area contributed by atoms with Crippen LogP contribution < -0.4 is 10.2 Å². The van der Waals surface area contributed by atoms with Crippen LogP contribution in [0.5, 0.6) is 5.75 Å². The normalized spacial score (nSPS) is 9.88. The Hall–Kier alpha value is -1.93. The summed E-state index contributed by atoms with van der Waals surface area (Å²) in [6.45, 7) is 3.79. The van der Waals surface area contributed by atoms with Crippen molar-refractivity contribution in [2.45, 2.75) is 13.8 Å². The maximum absolute atomic E-state index is 10.9. The van der Waals surface area contributed by atoms with Crippen LogP contribution in [0.4, 0.5) is 0 Å². The first-order valence-electron chi connectivity index (χ1n) is 9.35. The number of hydrogen-bond donors (Lipinski definition) is 2. The van der Waals surface area contributed by atoms with Gasteiger partial charge < -0.3 is 14.8 Å². The average molecular weight is 604 g/mol. The Kier molecular flexibility index (Phi) is 11.5. The summed E-state index contributed by atoms with van der Waals surface area (Å²) in [5.74, 6) is 0.373. The highest BCUT2D eigenvalue weighted by Crippen LogP contribution is 2.27. The van der Waals surface area contributed by atoms with Crippen LogP contribution >= 0.6 is 61.8 Å². The molecule has 2 aromatic carbocycles. The van der Waals surface area contributed by atoms with Gasteiger partial charge in [0.2, 0.25) is 0 Å². The van der Waals surface area contributed by atoms with E-state index in [2.05, 4.69) is 36.3 Å². The minimum atomic E-state index is -1.53. The third-order valence-corrected chi connectivity index (χ3v) is 6.49. The molecule has 0 spiro atoms. The van der Waals surface area contributed by atoms with Crippen LogP contribution in [-0.4, -0.2) is 51.0 Å². The fourth-order valence-electron chi connectivity index (χ4n) is 2.40. The van der Waals surface area contributed by atoms with Gasteiger partial charge in [0.15, 0.2) is 10.2 Å². The maximum atomic E-state index is 10.9. The van der Waals surface area contributed by atoms with Crippen LogP contribution in [0.3, 0.4) is 0 Å². The quantitative estimate of drug-likeness (QED) is 0.256. The van der Waals surface area contributed by atoms with E-state index in [0.29, 0.717) is 26.8 Å². The maximum Gasteiger partial charge on any atom is 0.492 e. The summed E-state index contributed by atoms with van der Waals surface area (Å²) in [6.07, 6.45) is 0.776. The molecule has 0 fully saturated rings. The van der Waals surface area contributed by atoms with Crippen molar-refractivity contribution in [3.8, 4) is 16.3 Å². The number of aryl methyl sites for hydroxylation is 2. The van der Waals surface area contributed by atoms with Crippen LogP contribution in [0.25, 0.3) is 10.6 Å². The molecule has 178 valence electrons. The van der Waals surface area contributed by atoms with Crippen LogP contribution in [0.15, 0.2) is 40.3 Å². The van der Waals surface area contributed by atoms with Gasteiger partial charge in [0.05, 0.1) is 7.11 Å². The molecule has 0 radical (unpaired) electrons. The van der Waals surface area contributed by atoms with Crippen molar-refractivity contribution in [3.05, 3.63) is 65.9 Å². The van der Waals surface area contributed by atoms with Crippen molar-refractivity contribution in [1.29, 1.82) is 0 Å². The standard InChI is InChI=1S/C10H7ClN2OS.C7H8BClO3.C3H3BrN2S/c1-6-12-13-10(15-6)9-3-2-8(11)4-7(9)5-14;1-12-7-4-5(9)2-3-6(7)8(10)11;1-2-5-6-3(4)7-2/h2-5H,1H3;2-4,10-11H,1H3;1H3. The molecule has 0 saturated carbocycles. The molecule has 0 amide bonds. The Morgan fingerprint density at radius 3 is 2.06 bits per heavy atom. The zero-order valence-electron chi connectivity index (χ0n) is 18.1. The fraction of sp³-hybridized carbons (Fsp3) is 0.150. The number of carbonyl (C=O) groups is 1. The van der Waals surface area contributed by atoms with Crippen molar-refractivity contribution in [2.24, 2.45) is 0 Å². The first-order valence-corrected chi connectivity index (χ1v) is 12.5. The van der Waals surface area contributed by atoms with Gasteiger partial charge in [-0.15, -0.1) is 20.4 Å². The average Bonchev–Trinajstić information content (AvgIpc) is 3.41. The highest BCUT2D eigenvalue weighted by Gasteiger charge is 2.16. The van der Waals surface area contributed by atoms with E-state index in [4.69, 9.17) is 38.0 Å². The molecule has 14 heteroatoms. The number of nitrogens with zero attached hydrogens (tertiary/aromatic N) is 4. The first kappa shape index (κ1) is 28.3. The lowest BCUT2D eigenvalue weighted by atomic mass is 9.79. The molecule has 8 nitrogen and oxygen atoms in total. The Morgan fingerprint density at radius 2 is 1.59 bits per heavy atom. The van der Waals surface area contributed by atoms with E-state index in [1.165, 1.54) is 41.9 Å². The molecule has 0 aliphatic heterocycles. The zero-order valence-corrected chi connectivity index (χ0v) is 22.8. The third kappa shape index (κ3) is 8.69. The number of benzene rings is 2. The number of aromatic nitrogens is 4. The highest BCUT2D eigenvalue weighted by atomic mass is 79.9. The molecule has 0 aliphatic rings. The zero-order chi connectivity index (χ0) is 25.3. The molecular formula is C20H18BBrCl2N4O4S2. The molecule has 0 bridgehead atoms. The van der Waals surface area contributed by atoms with Gasteiger partial charge in [-0.1, -0.05) is 51.9 Å². The number of halogens is 3. The second kappa shape index (κ2) is 13.8. The van der Waals surface area contributed by atoms with Gasteiger partial charge in [-0.2, -0.15) is 0 Å². The summed E-state index contributed by atoms with van der Waals surface area (Å²) in [4.78, 5) is 10.9. The number of hydrogen-bond acceptors (Lipinski definition) is 10. The fourth-order valence-corrected chi connectivity index (χ4v) is 4.67. The van der Waals surface area contributed by atoms with Crippen LogP contribution in [0.1, 0.15) is 20.4 Å². The van der Waals surface area contributed by atoms with Crippen LogP contribution in [0, 0.1) is 13.8 Å². The van der Waals surface area contributed by atoms with E-state index in [1.807, 2.05) is 13.8 Å². The van der Waals surface area contributed by atoms with Crippen molar-refractivity contribution in [2.75, 3.05) is 7.11 Å². The molecule has 0 saturated heterocycles. The van der Waals surface area contributed by atoms with Crippen molar-refractivity contribution >= 4 is 80.7 Å². The van der Waals surface area contributed by atoms with Gasteiger partial charge in [-0.25, -0.2) is 0 Å². The molecule has 0 atom stereocenters. The monoisotopic (exact) mass is 602 g/mol. The predicted octanol–water partition coefficient (Wildman–Crippen LogP) is 4.62. The lowest BCUT2D eigenvalue weighted by Crippen LogP contribution is -2.30. The minimum absolute atomic E-state index is 0.307. The number of rotatable bonds is 4. The Labute approximate surface area is 222 Å². The summed E-state index contributed by atoms with van der Waals surface area (Å²) in [5, 5.41) is 36.7. The van der Waals surface area contributed by atoms with Crippen molar-refractivity contribution in [3.63, 3.8) is 0 Å². The lowest BCUT2D eigenvalue weighted by Gasteiger charge is -2.06. The van der Waals surface area contributed by atoms with Gasteiger partial charge in [-0.3, -0.25) is 4.79 Å². The van der Waals surface area contributed by atoms with Gasteiger partial charge >= 0.3 is 7.12 Å². The molecule has 4 rings (SSSR count). The second-order valence-corrected chi connectivity index (χ2v) is 10.8. The predicted molar refractivity (Wildman–Crippen MR) is 141 cm³/mol. The van der Waals surface area contributed by atoms with Crippen molar-refractivity contribution < 1.29 is 19.6 Å². The molecule has 0 unspecified atom stereocenters. The van der Waals surface area contributed by atoms with Gasteiger partial charge in [0, 0.05) is 26.6 Å². The summed E-state index contributed by atoms with van der Waals surface area (Å²) in [5.41, 5.74) is 1.63. The molecule has 2 heterocycles. The van der Waals surface area contributed by atoms with Gasteiger partial charge in [-0.05, 0) is 60.1 Å². The van der Waals surface area contributed by atoms with Crippen molar-refractivity contribution in [1.82, 2.24) is 20.4 Å². The third-order valence-electron chi connectivity index (χ3n) is 3.87. The molecular weight excluding hydrogens is 586 g/mol. The molecule has 2 aromatic heterocycles. The molecule has 0 aliphatic carbocycles. The number of carbonyl (C=O) groups excluding carboxylic acids is 1. The smallest absolute Gasteiger partial charge is 0.492 e. The summed E-state index contributed by atoms with van der Waals surface area (Å²) >= 11 is 17.6.